The SMILES string of the molecule is Cc1ccc(C2=C(N3CCN(c4cccc(C)c4C)CC3)C(=O)N(C(C)C)C2=O)cc1. The van der Waals surface area contributed by atoms with Crippen molar-refractivity contribution >= 4 is 23.1 Å². The minimum atomic E-state index is -0.184. The van der Waals surface area contributed by atoms with E-state index < -0.39 is 0 Å². The summed E-state index contributed by atoms with van der Waals surface area (Å²) < 4.78 is 0. The molecule has 2 aromatic carbocycles. The smallest absolute Gasteiger partial charge is 0.278 e. The Hall–Kier alpha value is -3.08. The fourth-order valence-corrected chi connectivity index (χ4v) is 4.53. The van der Waals surface area contributed by atoms with Crippen molar-refractivity contribution in [3.05, 3.63) is 70.4 Å². The van der Waals surface area contributed by atoms with Crippen LogP contribution in [0.4, 0.5) is 5.69 Å². The zero-order valence-corrected chi connectivity index (χ0v) is 19.1. The molecule has 0 N–H and O–H groups in total. The molecule has 0 radical (unpaired) electrons. The average molecular weight is 418 g/mol. The van der Waals surface area contributed by atoms with Crippen molar-refractivity contribution in [3.8, 4) is 0 Å². The molecule has 2 amide bonds. The summed E-state index contributed by atoms with van der Waals surface area (Å²) in [6.07, 6.45) is 0. The van der Waals surface area contributed by atoms with Crippen LogP contribution >= 0.6 is 0 Å². The lowest BCUT2D eigenvalue weighted by Gasteiger charge is -2.38. The molecule has 2 aliphatic heterocycles. The third kappa shape index (κ3) is 3.73. The molecule has 5 heteroatoms. The lowest BCUT2D eigenvalue weighted by atomic mass is 10.0. The maximum Gasteiger partial charge on any atom is 0.278 e. The van der Waals surface area contributed by atoms with Gasteiger partial charge >= 0.3 is 0 Å². The van der Waals surface area contributed by atoms with Crippen LogP contribution in [0.5, 0.6) is 0 Å². The van der Waals surface area contributed by atoms with Crippen LogP contribution in [0.25, 0.3) is 5.57 Å². The molecule has 2 heterocycles. The summed E-state index contributed by atoms with van der Waals surface area (Å²) in [5.74, 6) is -0.355. The van der Waals surface area contributed by atoms with Gasteiger partial charge in [-0.15, -0.1) is 0 Å². The quantitative estimate of drug-likeness (QED) is 0.708. The van der Waals surface area contributed by atoms with E-state index in [2.05, 4.69) is 41.8 Å². The first kappa shape index (κ1) is 21.2. The van der Waals surface area contributed by atoms with E-state index in [4.69, 9.17) is 0 Å². The first-order chi connectivity index (χ1) is 14.8. The van der Waals surface area contributed by atoms with Crippen molar-refractivity contribution in [1.82, 2.24) is 9.80 Å². The van der Waals surface area contributed by atoms with E-state index in [9.17, 15) is 9.59 Å². The second-order valence-electron chi connectivity index (χ2n) is 8.86. The van der Waals surface area contributed by atoms with Crippen LogP contribution in [0.3, 0.4) is 0 Å². The zero-order valence-electron chi connectivity index (χ0n) is 19.1. The summed E-state index contributed by atoms with van der Waals surface area (Å²) in [7, 11) is 0. The summed E-state index contributed by atoms with van der Waals surface area (Å²) in [4.78, 5) is 32.5. The second-order valence-corrected chi connectivity index (χ2v) is 8.86. The van der Waals surface area contributed by atoms with Crippen LogP contribution < -0.4 is 4.90 Å². The molecule has 0 unspecified atom stereocenters. The minimum absolute atomic E-state index is 0.171. The van der Waals surface area contributed by atoms with Crippen molar-refractivity contribution < 1.29 is 9.59 Å². The summed E-state index contributed by atoms with van der Waals surface area (Å²) in [5, 5.41) is 0. The largest absolute Gasteiger partial charge is 0.368 e. The lowest BCUT2D eigenvalue weighted by molar-refractivity contribution is -0.139. The van der Waals surface area contributed by atoms with Crippen LogP contribution in [-0.2, 0) is 9.59 Å². The topological polar surface area (TPSA) is 43.9 Å². The monoisotopic (exact) mass is 417 g/mol. The Balaban J connectivity index is 1.65. The number of benzene rings is 2. The Labute approximate surface area is 184 Å². The molecular weight excluding hydrogens is 386 g/mol. The predicted molar refractivity (Wildman–Crippen MR) is 125 cm³/mol. The number of aryl methyl sites for hydroxylation is 2. The first-order valence-electron chi connectivity index (χ1n) is 11.0. The van der Waals surface area contributed by atoms with Gasteiger partial charge in [-0.25, -0.2) is 0 Å². The Kier molecular flexibility index (Phi) is 5.61. The van der Waals surface area contributed by atoms with E-state index in [0.29, 0.717) is 24.4 Å². The first-order valence-corrected chi connectivity index (χ1v) is 11.0. The zero-order chi connectivity index (χ0) is 22.3. The molecular formula is C26H31N3O2. The molecule has 0 saturated carbocycles. The van der Waals surface area contributed by atoms with E-state index in [-0.39, 0.29) is 17.9 Å². The van der Waals surface area contributed by atoms with Crippen molar-refractivity contribution in [1.29, 1.82) is 0 Å². The van der Waals surface area contributed by atoms with Crippen LogP contribution in [0, 0.1) is 20.8 Å². The van der Waals surface area contributed by atoms with E-state index in [0.717, 1.165) is 24.2 Å². The molecule has 1 saturated heterocycles. The number of rotatable bonds is 4. The summed E-state index contributed by atoms with van der Waals surface area (Å²) >= 11 is 0. The number of carbonyl (C=O) groups excluding carboxylic acids is 2. The maximum atomic E-state index is 13.3. The van der Waals surface area contributed by atoms with Crippen molar-refractivity contribution in [3.63, 3.8) is 0 Å². The van der Waals surface area contributed by atoms with E-state index in [1.807, 2.05) is 45.0 Å². The van der Waals surface area contributed by atoms with Gasteiger partial charge in [-0.3, -0.25) is 14.5 Å². The lowest BCUT2D eigenvalue weighted by Crippen LogP contribution is -2.48. The minimum Gasteiger partial charge on any atom is -0.368 e. The molecule has 2 aliphatic rings. The van der Waals surface area contributed by atoms with E-state index in [1.54, 1.807) is 0 Å². The van der Waals surface area contributed by atoms with Crippen molar-refractivity contribution in [2.24, 2.45) is 0 Å². The van der Waals surface area contributed by atoms with Gasteiger partial charge in [0.05, 0.1) is 5.57 Å². The van der Waals surface area contributed by atoms with Gasteiger partial charge in [0.2, 0.25) is 0 Å². The second kappa shape index (κ2) is 8.22. The average Bonchev–Trinajstić information content (AvgIpc) is 3.01. The number of nitrogens with zero attached hydrogens (tertiary/aromatic N) is 3. The molecule has 5 nitrogen and oxygen atoms in total. The standard InChI is InChI=1S/C26H31N3O2/c1-17(2)29-25(30)23(21-11-9-18(3)10-12-21)24(26(29)31)28-15-13-27(14-16-28)22-8-6-7-19(4)20(22)5/h6-12,17H,13-16H2,1-5H3. The molecule has 162 valence electrons. The van der Waals surface area contributed by atoms with E-state index >= 15 is 0 Å². The van der Waals surface area contributed by atoms with Gasteiger partial charge in [0, 0.05) is 37.9 Å². The number of hydrogen-bond donors (Lipinski definition) is 0. The van der Waals surface area contributed by atoms with Crippen LogP contribution in [-0.4, -0.2) is 53.8 Å². The van der Waals surface area contributed by atoms with Gasteiger partial charge in [0.1, 0.15) is 5.70 Å². The Morgan fingerprint density at radius 3 is 2.00 bits per heavy atom. The van der Waals surface area contributed by atoms with Gasteiger partial charge in [0.25, 0.3) is 11.8 Å². The van der Waals surface area contributed by atoms with Crippen LogP contribution in [0.1, 0.15) is 36.1 Å². The van der Waals surface area contributed by atoms with Crippen molar-refractivity contribution in [2.45, 2.75) is 40.7 Å². The highest BCUT2D eigenvalue weighted by molar-refractivity contribution is 6.35. The molecule has 0 aromatic heterocycles. The third-order valence-electron chi connectivity index (χ3n) is 6.46. The molecule has 0 spiro atoms. The highest BCUT2D eigenvalue weighted by Gasteiger charge is 2.43. The van der Waals surface area contributed by atoms with Gasteiger partial charge in [0.15, 0.2) is 0 Å². The van der Waals surface area contributed by atoms with Crippen molar-refractivity contribution in [2.75, 3.05) is 31.1 Å². The number of amides is 2. The molecule has 0 aliphatic carbocycles. The Bertz CT molecular complexity index is 1040. The van der Waals surface area contributed by atoms with Gasteiger partial charge in [-0.05, 0) is 57.4 Å². The molecule has 31 heavy (non-hydrogen) atoms. The fourth-order valence-electron chi connectivity index (χ4n) is 4.53. The molecule has 1 fully saturated rings. The van der Waals surface area contributed by atoms with E-state index in [1.165, 1.54) is 21.7 Å². The highest BCUT2D eigenvalue weighted by Crippen LogP contribution is 2.34. The molecule has 4 rings (SSSR count). The number of carbonyl (C=O) groups is 2. The Morgan fingerprint density at radius 1 is 0.774 bits per heavy atom. The molecule has 0 bridgehead atoms. The predicted octanol–water partition coefficient (Wildman–Crippen LogP) is 3.92. The van der Waals surface area contributed by atoms with Gasteiger partial charge < -0.3 is 9.80 Å². The summed E-state index contributed by atoms with van der Waals surface area (Å²) in [5.41, 5.74) is 6.89. The Morgan fingerprint density at radius 2 is 1.39 bits per heavy atom. The van der Waals surface area contributed by atoms with Gasteiger partial charge in [-0.2, -0.15) is 0 Å². The molecule has 2 aromatic rings. The normalized spacial score (nSPS) is 17.4. The summed E-state index contributed by atoms with van der Waals surface area (Å²) in [6, 6.07) is 14.1. The number of piperazine rings is 1. The number of imide groups is 1. The summed E-state index contributed by atoms with van der Waals surface area (Å²) in [6.45, 7) is 13.2. The van der Waals surface area contributed by atoms with Crippen LogP contribution in [0.15, 0.2) is 48.2 Å². The third-order valence-corrected chi connectivity index (χ3v) is 6.46. The highest BCUT2D eigenvalue weighted by atomic mass is 16.2. The maximum absolute atomic E-state index is 13.3. The number of hydrogen-bond acceptors (Lipinski definition) is 4. The molecule has 0 atom stereocenters. The van der Waals surface area contributed by atoms with Crippen LogP contribution in [0.2, 0.25) is 0 Å². The number of anilines is 1. The van der Waals surface area contributed by atoms with Gasteiger partial charge in [-0.1, -0.05) is 42.0 Å². The fraction of sp³-hybridized carbons (Fsp3) is 0.385.